The van der Waals surface area contributed by atoms with Crippen molar-refractivity contribution in [1.29, 1.82) is 0 Å². The summed E-state index contributed by atoms with van der Waals surface area (Å²) in [4.78, 5) is 11.0. The zero-order valence-electron chi connectivity index (χ0n) is 16.5. The molecule has 0 unspecified atom stereocenters. The summed E-state index contributed by atoms with van der Waals surface area (Å²) < 4.78 is 46.3. The van der Waals surface area contributed by atoms with Crippen LogP contribution in [0.1, 0.15) is 54.0 Å². The van der Waals surface area contributed by atoms with Crippen molar-refractivity contribution in [2.75, 3.05) is 13.1 Å². The number of fused-ring (bicyclic) bond motifs is 1. The number of alkyl halides is 3. The molecule has 29 heavy (non-hydrogen) atoms. The Hall–Kier alpha value is -2.48. The third-order valence-electron chi connectivity index (χ3n) is 5.50. The molecule has 1 aliphatic heterocycles. The van der Waals surface area contributed by atoms with Crippen molar-refractivity contribution in [2.45, 2.75) is 51.7 Å². The maximum absolute atomic E-state index is 13.7. The van der Waals surface area contributed by atoms with Gasteiger partial charge in [-0.1, -0.05) is 18.1 Å². The van der Waals surface area contributed by atoms with Gasteiger partial charge in [0.05, 0.1) is 22.3 Å². The highest BCUT2D eigenvalue weighted by Crippen LogP contribution is 2.40. The summed E-state index contributed by atoms with van der Waals surface area (Å²) in [5, 5.41) is 4.04. The Morgan fingerprint density at radius 2 is 1.90 bits per heavy atom. The molecule has 0 radical (unpaired) electrons. The van der Waals surface area contributed by atoms with Gasteiger partial charge in [0.1, 0.15) is 0 Å². The predicted molar refractivity (Wildman–Crippen MR) is 102 cm³/mol. The lowest BCUT2D eigenvalue weighted by Crippen LogP contribution is -2.33. The Morgan fingerprint density at radius 3 is 2.55 bits per heavy atom. The zero-order chi connectivity index (χ0) is 20.6. The molecule has 4 heterocycles. The number of rotatable bonds is 4. The molecule has 0 atom stereocenters. The van der Waals surface area contributed by atoms with E-state index in [4.69, 9.17) is 4.52 Å². The highest BCUT2D eigenvalue weighted by molar-refractivity contribution is 5.81. The molecule has 0 aliphatic carbocycles. The summed E-state index contributed by atoms with van der Waals surface area (Å²) in [6.45, 7) is 6.02. The molecule has 0 spiro atoms. The SMILES string of the molecule is CCc1cc(C(F)(F)F)c2c(C3CCN(Cc4cccc(C)n4)CC3)noc2n1. The molecule has 5 nitrogen and oxygen atoms in total. The number of pyridine rings is 2. The van der Waals surface area contributed by atoms with Crippen molar-refractivity contribution < 1.29 is 17.7 Å². The fourth-order valence-electron chi connectivity index (χ4n) is 3.99. The quantitative estimate of drug-likeness (QED) is 0.620. The normalized spacial score (nSPS) is 16.6. The van der Waals surface area contributed by atoms with Gasteiger partial charge in [-0.2, -0.15) is 13.2 Å². The van der Waals surface area contributed by atoms with Crippen molar-refractivity contribution in [2.24, 2.45) is 0 Å². The van der Waals surface area contributed by atoms with Gasteiger partial charge in [0.2, 0.25) is 0 Å². The van der Waals surface area contributed by atoms with E-state index in [1.54, 1.807) is 6.92 Å². The molecule has 0 saturated carbocycles. The van der Waals surface area contributed by atoms with E-state index in [9.17, 15) is 13.2 Å². The van der Waals surface area contributed by atoms with Gasteiger partial charge >= 0.3 is 6.18 Å². The number of aromatic nitrogens is 3. The van der Waals surface area contributed by atoms with Gasteiger partial charge in [-0.15, -0.1) is 0 Å². The second-order valence-corrected chi connectivity index (χ2v) is 7.58. The first kappa shape index (κ1) is 19.8. The highest BCUT2D eigenvalue weighted by Gasteiger charge is 2.37. The van der Waals surface area contributed by atoms with E-state index < -0.39 is 11.7 Å². The predicted octanol–water partition coefficient (Wildman–Crippen LogP) is 4.89. The van der Waals surface area contributed by atoms with Crippen LogP contribution in [0.25, 0.3) is 11.1 Å². The van der Waals surface area contributed by atoms with Crippen LogP contribution in [0.4, 0.5) is 13.2 Å². The highest BCUT2D eigenvalue weighted by atomic mass is 19.4. The van der Waals surface area contributed by atoms with E-state index in [2.05, 4.69) is 20.0 Å². The van der Waals surface area contributed by atoms with Crippen molar-refractivity contribution in [1.82, 2.24) is 20.0 Å². The molecule has 0 aromatic carbocycles. The van der Waals surface area contributed by atoms with Crippen molar-refractivity contribution in [3.63, 3.8) is 0 Å². The lowest BCUT2D eigenvalue weighted by atomic mass is 9.90. The van der Waals surface area contributed by atoms with Crippen LogP contribution in [-0.2, 0) is 19.1 Å². The number of halogens is 3. The molecule has 1 fully saturated rings. The second kappa shape index (κ2) is 7.74. The first-order valence-electron chi connectivity index (χ1n) is 9.86. The first-order chi connectivity index (χ1) is 13.8. The maximum Gasteiger partial charge on any atom is 0.417 e. The van der Waals surface area contributed by atoms with Crippen molar-refractivity contribution in [3.05, 3.63) is 52.6 Å². The number of nitrogens with zero attached hydrogens (tertiary/aromatic N) is 4. The van der Waals surface area contributed by atoms with E-state index >= 15 is 0 Å². The summed E-state index contributed by atoms with van der Waals surface area (Å²) in [7, 11) is 0. The molecular formula is C21H23F3N4O. The average Bonchev–Trinajstić information content (AvgIpc) is 3.11. The number of likely N-dealkylation sites (tertiary alicyclic amines) is 1. The molecular weight excluding hydrogens is 381 g/mol. The van der Waals surface area contributed by atoms with Crippen molar-refractivity contribution >= 4 is 11.1 Å². The summed E-state index contributed by atoms with van der Waals surface area (Å²) in [6, 6.07) is 7.07. The molecule has 4 rings (SSSR count). The summed E-state index contributed by atoms with van der Waals surface area (Å²) in [5.41, 5.74) is 2.01. The molecule has 154 valence electrons. The van der Waals surface area contributed by atoms with E-state index in [1.165, 1.54) is 0 Å². The topological polar surface area (TPSA) is 55.1 Å². The molecule has 8 heteroatoms. The van der Waals surface area contributed by atoms with Crippen LogP contribution in [-0.4, -0.2) is 33.1 Å². The summed E-state index contributed by atoms with van der Waals surface area (Å²) in [5.74, 6) is -0.0756. The minimum Gasteiger partial charge on any atom is -0.336 e. The molecule has 0 amide bonds. The van der Waals surface area contributed by atoms with Crippen LogP contribution in [0.15, 0.2) is 28.8 Å². The van der Waals surface area contributed by atoms with Gasteiger partial charge in [0.25, 0.3) is 5.71 Å². The van der Waals surface area contributed by atoms with E-state index in [-0.39, 0.29) is 17.0 Å². The Morgan fingerprint density at radius 1 is 1.14 bits per heavy atom. The van der Waals surface area contributed by atoms with Crippen LogP contribution in [0, 0.1) is 6.92 Å². The molecule has 3 aromatic rings. The van der Waals surface area contributed by atoms with Gasteiger partial charge < -0.3 is 4.52 Å². The third-order valence-corrected chi connectivity index (χ3v) is 5.50. The number of hydrogen-bond donors (Lipinski definition) is 0. The first-order valence-corrected chi connectivity index (χ1v) is 9.86. The molecule has 1 aliphatic rings. The largest absolute Gasteiger partial charge is 0.417 e. The summed E-state index contributed by atoms with van der Waals surface area (Å²) >= 11 is 0. The second-order valence-electron chi connectivity index (χ2n) is 7.58. The van der Waals surface area contributed by atoms with Crippen LogP contribution in [0.3, 0.4) is 0 Å². The minimum atomic E-state index is -4.47. The van der Waals surface area contributed by atoms with Crippen LogP contribution >= 0.6 is 0 Å². The zero-order valence-corrected chi connectivity index (χ0v) is 16.5. The molecule has 1 saturated heterocycles. The Labute approximate surface area is 166 Å². The standard InChI is InChI=1S/C21H23F3N4O/c1-3-15-11-17(21(22,23)24)18-19(27-29-20(18)26-15)14-7-9-28(10-8-14)12-16-6-4-5-13(2)25-16/h4-6,11,14H,3,7-10,12H2,1-2H3. The fraction of sp³-hybridized carbons (Fsp3) is 0.476. The third kappa shape index (κ3) is 4.12. The van der Waals surface area contributed by atoms with Gasteiger partial charge in [-0.3, -0.25) is 9.88 Å². The van der Waals surface area contributed by atoms with E-state index in [0.717, 1.165) is 49.9 Å². The van der Waals surface area contributed by atoms with Gasteiger partial charge in [0, 0.05) is 23.9 Å². The Balaban J connectivity index is 1.55. The van der Waals surface area contributed by atoms with Crippen molar-refractivity contribution in [3.8, 4) is 0 Å². The fourth-order valence-corrected chi connectivity index (χ4v) is 3.99. The Kier molecular flexibility index (Phi) is 5.29. The summed E-state index contributed by atoms with van der Waals surface area (Å²) in [6.07, 6.45) is -2.62. The number of hydrogen-bond acceptors (Lipinski definition) is 5. The van der Waals surface area contributed by atoms with Gasteiger partial charge in [-0.05, 0) is 57.5 Å². The van der Waals surface area contributed by atoms with Gasteiger partial charge in [-0.25, -0.2) is 4.98 Å². The monoisotopic (exact) mass is 404 g/mol. The van der Waals surface area contributed by atoms with E-state index in [1.807, 2.05) is 25.1 Å². The lowest BCUT2D eigenvalue weighted by Gasteiger charge is -2.31. The van der Waals surface area contributed by atoms with Crippen LogP contribution in [0.5, 0.6) is 0 Å². The van der Waals surface area contributed by atoms with Crippen LogP contribution < -0.4 is 0 Å². The average molecular weight is 404 g/mol. The number of aryl methyl sites for hydroxylation is 2. The van der Waals surface area contributed by atoms with E-state index in [0.29, 0.717) is 17.8 Å². The molecule has 0 bridgehead atoms. The molecule has 0 N–H and O–H groups in total. The molecule has 3 aromatic heterocycles. The van der Waals surface area contributed by atoms with Crippen LogP contribution in [0.2, 0.25) is 0 Å². The minimum absolute atomic E-state index is 0.0157. The maximum atomic E-state index is 13.7. The Bertz CT molecular complexity index is 1010. The number of piperidine rings is 1. The van der Waals surface area contributed by atoms with Gasteiger partial charge in [0.15, 0.2) is 0 Å². The smallest absolute Gasteiger partial charge is 0.336 e. The lowest BCUT2D eigenvalue weighted by molar-refractivity contribution is -0.136.